The lowest BCUT2D eigenvalue weighted by Crippen LogP contribution is -2.32. The van der Waals surface area contributed by atoms with Gasteiger partial charge in [-0.2, -0.15) is 4.31 Å². The molecule has 134 valence electrons. The molecule has 8 heteroatoms. The summed E-state index contributed by atoms with van der Waals surface area (Å²) in [5.41, 5.74) is 0.468. The highest BCUT2D eigenvalue weighted by Crippen LogP contribution is 2.30. The van der Waals surface area contributed by atoms with Crippen LogP contribution in [0.5, 0.6) is 0 Å². The van der Waals surface area contributed by atoms with Crippen LogP contribution < -0.4 is 4.31 Å². The molecule has 2 aromatic carbocycles. The first-order valence-electron chi connectivity index (χ1n) is 7.98. The topological polar surface area (TPSA) is 74.8 Å². The van der Waals surface area contributed by atoms with Gasteiger partial charge in [-0.05, 0) is 37.1 Å². The fourth-order valence-electron chi connectivity index (χ4n) is 2.87. The van der Waals surface area contributed by atoms with Crippen LogP contribution >= 0.6 is 0 Å². The molecule has 0 radical (unpaired) electrons. The van der Waals surface area contributed by atoms with Crippen LogP contribution in [-0.4, -0.2) is 41.3 Å². The van der Waals surface area contributed by atoms with Crippen LogP contribution in [0.4, 0.5) is 5.69 Å². The van der Waals surface area contributed by atoms with Crippen molar-refractivity contribution in [3.63, 3.8) is 0 Å². The molecule has 0 spiro atoms. The highest BCUT2D eigenvalue weighted by Gasteiger charge is 2.34. The zero-order valence-corrected chi connectivity index (χ0v) is 15.5. The van der Waals surface area contributed by atoms with Crippen molar-refractivity contribution in [1.82, 2.24) is 4.31 Å². The molecule has 1 fully saturated rings. The van der Waals surface area contributed by atoms with Crippen molar-refractivity contribution < 1.29 is 16.8 Å². The standard InChI is InChI=1S/C17H20N2O4S2/c1-18(15-9-3-2-4-10-15)24(20,21)16-11-5-6-12-17(16)25(22,23)19-13-7-8-14-19/h2-6,9-12H,7-8,13-14H2,1H3. The Kier molecular flexibility index (Phi) is 4.86. The van der Waals surface area contributed by atoms with Crippen LogP contribution in [0, 0.1) is 0 Å². The molecule has 6 nitrogen and oxygen atoms in total. The molecule has 25 heavy (non-hydrogen) atoms. The molecule has 1 heterocycles. The van der Waals surface area contributed by atoms with Gasteiger partial charge in [0, 0.05) is 20.1 Å². The zero-order chi connectivity index (χ0) is 18.1. The first-order valence-corrected chi connectivity index (χ1v) is 10.9. The van der Waals surface area contributed by atoms with E-state index in [0.29, 0.717) is 18.8 Å². The van der Waals surface area contributed by atoms with Crippen molar-refractivity contribution in [2.24, 2.45) is 0 Å². The molecule has 2 aromatic rings. The Morgan fingerprint density at radius 1 is 0.800 bits per heavy atom. The predicted octanol–water partition coefficient (Wildman–Crippen LogP) is 2.30. The summed E-state index contributed by atoms with van der Waals surface area (Å²) in [4.78, 5) is -0.368. The van der Waals surface area contributed by atoms with Crippen molar-refractivity contribution in [1.29, 1.82) is 0 Å². The second-order valence-corrected chi connectivity index (χ2v) is 9.71. The first kappa shape index (κ1) is 17.9. The number of para-hydroxylation sites is 1. The third-order valence-corrected chi connectivity index (χ3v) is 8.22. The quantitative estimate of drug-likeness (QED) is 0.798. The summed E-state index contributed by atoms with van der Waals surface area (Å²) in [6.07, 6.45) is 1.58. The van der Waals surface area contributed by atoms with E-state index in [-0.39, 0.29) is 9.79 Å². The molecule has 1 aliphatic heterocycles. The van der Waals surface area contributed by atoms with E-state index < -0.39 is 20.0 Å². The Morgan fingerprint density at radius 2 is 1.32 bits per heavy atom. The fraction of sp³-hybridized carbons (Fsp3) is 0.294. The van der Waals surface area contributed by atoms with Crippen molar-refractivity contribution in [2.45, 2.75) is 22.6 Å². The Bertz CT molecular complexity index is 951. The molecule has 0 unspecified atom stereocenters. The molecular formula is C17H20N2O4S2. The first-order chi connectivity index (χ1) is 11.8. The van der Waals surface area contributed by atoms with E-state index in [1.54, 1.807) is 36.4 Å². The minimum absolute atomic E-state index is 0.167. The van der Waals surface area contributed by atoms with Crippen molar-refractivity contribution in [3.8, 4) is 0 Å². The van der Waals surface area contributed by atoms with Gasteiger partial charge in [0.1, 0.15) is 9.79 Å². The van der Waals surface area contributed by atoms with E-state index in [2.05, 4.69) is 0 Å². The molecule has 0 bridgehead atoms. The third kappa shape index (κ3) is 3.29. The van der Waals surface area contributed by atoms with Gasteiger partial charge in [-0.25, -0.2) is 16.8 Å². The van der Waals surface area contributed by atoms with Gasteiger partial charge < -0.3 is 0 Å². The van der Waals surface area contributed by atoms with Gasteiger partial charge in [-0.1, -0.05) is 30.3 Å². The van der Waals surface area contributed by atoms with Gasteiger partial charge >= 0.3 is 0 Å². The molecule has 0 atom stereocenters. The number of benzene rings is 2. The monoisotopic (exact) mass is 380 g/mol. The summed E-state index contributed by atoms with van der Waals surface area (Å²) in [7, 11) is -6.43. The Balaban J connectivity index is 2.09. The van der Waals surface area contributed by atoms with Crippen LogP contribution in [0.1, 0.15) is 12.8 Å². The van der Waals surface area contributed by atoms with Gasteiger partial charge in [0.15, 0.2) is 0 Å². The van der Waals surface area contributed by atoms with E-state index >= 15 is 0 Å². The molecule has 0 amide bonds. The minimum Gasteiger partial charge on any atom is -0.269 e. The van der Waals surface area contributed by atoms with E-state index in [0.717, 1.165) is 17.1 Å². The Hall–Kier alpha value is -1.90. The fourth-order valence-corrected chi connectivity index (χ4v) is 6.36. The molecular weight excluding hydrogens is 360 g/mol. The summed E-state index contributed by atoms with van der Waals surface area (Å²) in [6.45, 7) is 0.844. The minimum atomic E-state index is -4.01. The maximum Gasteiger partial charge on any atom is 0.265 e. The van der Waals surface area contributed by atoms with Crippen LogP contribution in [0.2, 0.25) is 0 Å². The summed E-state index contributed by atoms with van der Waals surface area (Å²) in [6, 6.07) is 14.4. The molecule has 0 N–H and O–H groups in total. The van der Waals surface area contributed by atoms with E-state index in [4.69, 9.17) is 0 Å². The maximum absolute atomic E-state index is 13.1. The number of sulfonamides is 2. The Labute approximate surface area is 148 Å². The van der Waals surface area contributed by atoms with Crippen LogP contribution in [-0.2, 0) is 20.0 Å². The number of hydrogen-bond acceptors (Lipinski definition) is 4. The summed E-state index contributed by atoms with van der Waals surface area (Å²) >= 11 is 0. The van der Waals surface area contributed by atoms with Crippen LogP contribution in [0.15, 0.2) is 64.4 Å². The average molecular weight is 380 g/mol. The Morgan fingerprint density at radius 3 is 1.92 bits per heavy atom. The summed E-state index contributed by atoms with van der Waals surface area (Å²) in [5.74, 6) is 0. The highest BCUT2D eigenvalue weighted by molar-refractivity contribution is 7.94. The van der Waals surface area contributed by atoms with Crippen molar-refractivity contribution in [3.05, 3.63) is 54.6 Å². The number of rotatable bonds is 5. The highest BCUT2D eigenvalue weighted by atomic mass is 32.2. The number of anilines is 1. The van der Waals surface area contributed by atoms with Crippen molar-refractivity contribution >= 4 is 25.7 Å². The summed E-state index contributed by atoms with van der Waals surface area (Å²) in [5, 5.41) is 0. The molecule has 3 rings (SSSR count). The third-order valence-electron chi connectivity index (χ3n) is 4.29. The van der Waals surface area contributed by atoms with E-state index in [1.165, 1.54) is 29.6 Å². The lowest BCUT2D eigenvalue weighted by Gasteiger charge is -2.23. The van der Waals surface area contributed by atoms with Gasteiger partial charge in [-0.15, -0.1) is 0 Å². The van der Waals surface area contributed by atoms with Crippen LogP contribution in [0.3, 0.4) is 0 Å². The predicted molar refractivity (Wildman–Crippen MR) is 96.5 cm³/mol. The lowest BCUT2D eigenvalue weighted by atomic mass is 10.3. The van der Waals surface area contributed by atoms with Crippen molar-refractivity contribution in [2.75, 3.05) is 24.4 Å². The second kappa shape index (κ2) is 6.78. The van der Waals surface area contributed by atoms with Gasteiger partial charge in [0.05, 0.1) is 5.69 Å². The lowest BCUT2D eigenvalue weighted by molar-refractivity contribution is 0.475. The molecule has 1 saturated heterocycles. The molecule has 1 aliphatic rings. The van der Waals surface area contributed by atoms with Gasteiger partial charge in [-0.3, -0.25) is 4.31 Å². The SMILES string of the molecule is CN(c1ccccc1)S(=O)(=O)c1ccccc1S(=O)(=O)N1CCCC1. The zero-order valence-electron chi connectivity index (χ0n) is 13.9. The number of hydrogen-bond donors (Lipinski definition) is 0. The summed E-state index contributed by atoms with van der Waals surface area (Å²) < 4.78 is 54.4. The largest absolute Gasteiger partial charge is 0.269 e. The normalized spacial score (nSPS) is 16.0. The van der Waals surface area contributed by atoms with Gasteiger partial charge in [0.2, 0.25) is 10.0 Å². The van der Waals surface area contributed by atoms with Gasteiger partial charge in [0.25, 0.3) is 10.0 Å². The van der Waals surface area contributed by atoms with E-state index in [9.17, 15) is 16.8 Å². The smallest absolute Gasteiger partial charge is 0.265 e. The maximum atomic E-state index is 13.1. The second-order valence-electron chi connectivity index (χ2n) is 5.87. The number of nitrogens with zero attached hydrogens (tertiary/aromatic N) is 2. The van der Waals surface area contributed by atoms with E-state index in [1.807, 2.05) is 0 Å². The average Bonchev–Trinajstić information content (AvgIpc) is 3.17. The molecule has 0 aromatic heterocycles. The molecule has 0 aliphatic carbocycles. The molecule has 0 saturated carbocycles. The van der Waals surface area contributed by atoms with Crippen LogP contribution in [0.25, 0.3) is 0 Å².